The molecular weight excluding hydrogens is 463 g/mol. The van der Waals surface area contributed by atoms with Gasteiger partial charge in [-0.1, -0.05) is 63.2 Å². The molecule has 0 bridgehead atoms. The van der Waals surface area contributed by atoms with Gasteiger partial charge in [0.25, 0.3) is 0 Å². The smallest absolute Gasteiger partial charge is 0.248 e. The van der Waals surface area contributed by atoms with Crippen LogP contribution in [0.3, 0.4) is 0 Å². The summed E-state index contributed by atoms with van der Waals surface area (Å²) in [5.41, 5.74) is 7.29. The molecule has 0 N–H and O–H groups in total. The van der Waals surface area contributed by atoms with Crippen LogP contribution in [0.5, 0.6) is 0 Å². The lowest BCUT2D eigenvalue weighted by Crippen LogP contribution is -2.24. The minimum absolute atomic E-state index is 0.294. The van der Waals surface area contributed by atoms with Gasteiger partial charge < -0.3 is 4.57 Å². The number of benzene rings is 3. The summed E-state index contributed by atoms with van der Waals surface area (Å²) in [6, 6.07) is 12.6. The van der Waals surface area contributed by atoms with Crippen molar-refractivity contribution in [3.63, 3.8) is 0 Å². The Bertz CT molecular complexity index is 1380. The first kappa shape index (κ1) is 27.8. The highest BCUT2D eigenvalue weighted by Gasteiger charge is 2.45. The summed E-state index contributed by atoms with van der Waals surface area (Å²) in [5, 5.41) is 0.294. The second-order valence-electron chi connectivity index (χ2n) is 10.5. The molecule has 3 nitrogen and oxygen atoms in total. The zero-order chi connectivity index (χ0) is 26.9. The van der Waals surface area contributed by atoms with Crippen molar-refractivity contribution in [1.29, 1.82) is 0 Å². The van der Waals surface area contributed by atoms with Crippen LogP contribution in [-0.4, -0.2) is 11.0 Å². The van der Waals surface area contributed by atoms with Crippen LogP contribution < -0.4 is 5.30 Å². The fraction of sp³-hybridized carbons (Fsp3) is 0.375. The maximum Gasteiger partial charge on any atom is 0.248 e. The molecule has 0 spiro atoms. The number of carbonyl (C=O) groups is 2. The van der Waals surface area contributed by atoms with Crippen LogP contribution in [-0.2, 0) is 17.4 Å². The lowest BCUT2D eigenvalue weighted by Gasteiger charge is -2.24. The second kappa shape index (κ2) is 10.7. The third-order valence-corrected chi connectivity index (χ3v) is 9.96. The minimum atomic E-state index is -4.20. The van der Waals surface area contributed by atoms with Crippen LogP contribution in [0, 0.1) is 47.5 Å². The number of hydrogen-bond donors (Lipinski definition) is 0. The molecule has 0 aliphatic heterocycles. The average Bonchev–Trinajstić information content (AvgIpc) is 2.81. The van der Waals surface area contributed by atoms with E-state index >= 15 is 4.57 Å². The zero-order valence-electron chi connectivity index (χ0n) is 23.2. The molecule has 1 atom stereocenters. The molecule has 0 saturated carbocycles. The van der Waals surface area contributed by atoms with Crippen LogP contribution in [0.25, 0.3) is 0 Å². The van der Waals surface area contributed by atoms with Crippen LogP contribution in [0.2, 0.25) is 0 Å². The molecule has 36 heavy (non-hydrogen) atoms. The van der Waals surface area contributed by atoms with E-state index in [4.69, 9.17) is 0 Å². The Morgan fingerprint density at radius 3 is 1.61 bits per heavy atom. The van der Waals surface area contributed by atoms with Crippen molar-refractivity contribution >= 4 is 23.5 Å². The van der Waals surface area contributed by atoms with Gasteiger partial charge in [-0.3, -0.25) is 9.59 Å². The van der Waals surface area contributed by atoms with E-state index in [1.165, 1.54) is 0 Å². The second-order valence-corrected chi connectivity index (χ2v) is 13.0. The van der Waals surface area contributed by atoms with Gasteiger partial charge in [-0.05, 0) is 105 Å². The van der Waals surface area contributed by atoms with Crippen LogP contribution >= 0.6 is 7.14 Å². The van der Waals surface area contributed by atoms with Gasteiger partial charge in [-0.15, -0.1) is 0 Å². The summed E-state index contributed by atoms with van der Waals surface area (Å²) in [4.78, 5) is 28.8. The molecule has 0 aliphatic rings. The predicted octanol–water partition coefficient (Wildman–Crippen LogP) is 7.97. The van der Waals surface area contributed by atoms with Gasteiger partial charge in [-0.2, -0.15) is 0 Å². The topological polar surface area (TPSA) is 51.2 Å². The van der Waals surface area contributed by atoms with Gasteiger partial charge in [-0.25, -0.2) is 0 Å². The van der Waals surface area contributed by atoms with E-state index in [0.29, 0.717) is 22.3 Å². The first-order valence-corrected chi connectivity index (χ1v) is 14.5. The van der Waals surface area contributed by atoms with Gasteiger partial charge in [0.05, 0.1) is 0 Å². The van der Waals surface area contributed by atoms with Crippen molar-refractivity contribution in [2.24, 2.45) is 5.92 Å². The molecule has 4 heteroatoms. The van der Waals surface area contributed by atoms with E-state index in [2.05, 4.69) is 27.7 Å². The first-order chi connectivity index (χ1) is 16.9. The van der Waals surface area contributed by atoms with E-state index in [9.17, 15) is 9.59 Å². The molecular formula is C32H39O3P. The van der Waals surface area contributed by atoms with E-state index < -0.39 is 18.2 Å². The number of hydrogen-bond acceptors (Lipinski definition) is 3. The van der Waals surface area contributed by atoms with E-state index in [1.807, 2.05) is 52.8 Å². The molecule has 0 fully saturated rings. The van der Waals surface area contributed by atoms with Crippen molar-refractivity contribution in [3.8, 4) is 0 Å². The van der Waals surface area contributed by atoms with Crippen LogP contribution in [0.1, 0.15) is 86.0 Å². The van der Waals surface area contributed by atoms with Gasteiger partial charge in [0.15, 0.2) is 0 Å². The van der Waals surface area contributed by atoms with E-state index in [1.54, 1.807) is 24.3 Å². The van der Waals surface area contributed by atoms with Gasteiger partial charge in [0, 0.05) is 16.4 Å². The Hall–Kier alpha value is -2.77. The summed E-state index contributed by atoms with van der Waals surface area (Å²) >= 11 is 0. The molecule has 3 rings (SSSR count). The van der Waals surface area contributed by atoms with Gasteiger partial charge in [0.1, 0.15) is 0 Å². The Morgan fingerprint density at radius 1 is 0.722 bits per heavy atom. The van der Waals surface area contributed by atoms with Crippen LogP contribution in [0.4, 0.5) is 0 Å². The average molecular weight is 503 g/mol. The maximum absolute atomic E-state index is 15.0. The molecule has 0 heterocycles. The molecule has 3 aromatic rings. The highest BCUT2D eigenvalue weighted by molar-refractivity contribution is 8.01. The Morgan fingerprint density at radius 2 is 1.17 bits per heavy atom. The maximum atomic E-state index is 15.0. The first-order valence-electron chi connectivity index (χ1n) is 12.8. The monoisotopic (exact) mass is 502 g/mol. The third-order valence-electron chi connectivity index (χ3n) is 7.35. The molecule has 190 valence electrons. The molecule has 0 radical (unpaired) electrons. The standard InChI is InChI=1S/C32H39O3P/c1-10-27-20(4)17-22(6)29(24(27)8)31(33)36(35,26-14-12-11-13-15-26)32(34)30-23(7)18-21(5)28(25(30)9)16-19(2)3/h11-15,17-19H,10,16H2,1-9H3. The quantitative estimate of drug-likeness (QED) is 0.294. The summed E-state index contributed by atoms with van der Waals surface area (Å²) in [7, 11) is -4.20. The lowest BCUT2D eigenvalue weighted by molar-refractivity contribution is 0.104. The van der Waals surface area contributed by atoms with E-state index in [0.717, 1.165) is 57.3 Å². The van der Waals surface area contributed by atoms with Crippen LogP contribution in [0.15, 0.2) is 42.5 Å². The molecule has 0 saturated heterocycles. The van der Waals surface area contributed by atoms with E-state index in [-0.39, 0.29) is 0 Å². The van der Waals surface area contributed by atoms with Crippen molar-refractivity contribution in [1.82, 2.24) is 0 Å². The zero-order valence-corrected chi connectivity index (χ0v) is 24.1. The van der Waals surface area contributed by atoms with Crippen molar-refractivity contribution in [2.75, 3.05) is 0 Å². The number of aryl methyl sites for hydroxylation is 4. The third kappa shape index (κ3) is 4.78. The fourth-order valence-electron chi connectivity index (χ4n) is 5.66. The van der Waals surface area contributed by atoms with Gasteiger partial charge in [0.2, 0.25) is 18.2 Å². The Kier molecular flexibility index (Phi) is 8.26. The Balaban J connectivity index is 2.36. The Labute approximate surface area is 216 Å². The summed E-state index contributed by atoms with van der Waals surface area (Å²) < 4.78 is 15.0. The highest BCUT2D eigenvalue weighted by Crippen LogP contribution is 2.53. The van der Waals surface area contributed by atoms with Crippen molar-refractivity contribution < 1.29 is 14.2 Å². The molecule has 0 aliphatic carbocycles. The summed E-state index contributed by atoms with van der Waals surface area (Å²) in [5.74, 6) is 0.404. The fourth-order valence-corrected chi connectivity index (χ4v) is 8.22. The van der Waals surface area contributed by atoms with Gasteiger partial charge >= 0.3 is 0 Å². The molecule has 1 unspecified atom stereocenters. The molecule has 3 aromatic carbocycles. The van der Waals surface area contributed by atoms with Crippen molar-refractivity contribution in [2.45, 2.75) is 75.2 Å². The normalized spacial score (nSPS) is 13.1. The SMILES string of the molecule is CCc1c(C)cc(C)c(C(=O)P(=O)(C(=O)c2c(C)cc(C)c(CC(C)C)c2C)c2ccccc2)c1C. The molecule has 0 aromatic heterocycles. The lowest BCUT2D eigenvalue weighted by atomic mass is 9.89. The minimum Gasteiger partial charge on any atom is -0.302 e. The number of rotatable bonds is 8. The highest BCUT2D eigenvalue weighted by atomic mass is 31.2. The molecule has 0 amide bonds. The number of carbonyl (C=O) groups excluding carboxylic acids is 2. The summed E-state index contributed by atoms with van der Waals surface area (Å²) in [6.45, 7) is 18.0. The predicted molar refractivity (Wildman–Crippen MR) is 152 cm³/mol. The summed E-state index contributed by atoms with van der Waals surface area (Å²) in [6.07, 6.45) is 1.58. The van der Waals surface area contributed by atoms with Crippen molar-refractivity contribution in [3.05, 3.63) is 98.1 Å². The largest absolute Gasteiger partial charge is 0.302 e.